The Labute approximate surface area is 178 Å². The highest BCUT2D eigenvalue weighted by Crippen LogP contribution is 2.37. The van der Waals surface area contributed by atoms with Gasteiger partial charge in [-0.2, -0.15) is 4.37 Å². The van der Waals surface area contributed by atoms with Crippen LogP contribution in [0.1, 0.15) is 37.6 Å². The predicted octanol–water partition coefficient (Wildman–Crippen LogP) is 3.84. The minimum atomic E-state index is -2.56. The van der Waals surface area contributed by atoms with Crippen LogP contribution in [-0.2, 0) is 4.43 Å². The van der Waals surface area contributed by atoms with Crippen LogP contribution in [0.3, 0.4) is 0 Å². The molecule has 3 rings (SSSR count). The lowest BCUT2D eigenvalue weighted by atomic mass is 10.2. The number of benzene rings is 2. The Kier molecular flexibility index (Phi) is 7.53. The molecular weight excluding hydrogens is 406 g/mol. The van der Waals surface area contributed by atoms with E-state index in [1.807, 2.05) is 19.1 Å². The highest BCUT2D eigenvalue weighted by Gasteiger charge is 2.50. The zero-order valence-electron chi connectivity index (χ0n) is 16.8. The maximum absolute atomic E-state index is 6.84. The molecule has 2 N–H and O–H groups in total. The van der Waals surface area contributed by atoms with Gasteiger partial charge in [-0.3, -0.25) is 0 Å². The molecule has 0 radical (unpaired) electrons. The van der Waals surface area contributed by atoms with Gasteiger partial charge in [-0.15, -0.1) is 12.4 Å². The first-order valence-corrected chi connectivity index (χ1v) is 11.8. The van der Waals surface area contributed by atoms with Crippen LogP contribution in [0.4, 0.5) is 0 Å². The Bertz CT molecular complexity index is 829. The summed E-state index contributed by atoms with van der Waals surface area (Å²) >= 11 is 1.36. The molecule has 1 heterocycles. The molecule has 0 saturated heterocycles. The minimum absolute atomic E-state index is 0. The number of aryl methyl sites for hydroxylation is 1. The SMILES string of the molecule is Cc1nsc(C(N)CO[Si](c2ccccc2)(c2ccccc2)C(C)(C)C)n1.Cl. The molecule has 150 valence electrons. The van der Waals surface area contributed by atoms with E-state index in [1.54, 1.807) is 0 Å². The minimum Gasteiger partial charge on any atom is -0.405 e. The first kappa shape index (κ1) is 22.7. The largest absolute Gasteiger partial charge is 0.405 e. The molecule has 0 fully saturated rings. The second-order valence-corrected chi connectivity index (χ2v) is 12.8. The van der Waals surface area contributed by atoms with Gasteiger partial charge in [0.1, 0.15) is 10.8 Å². The van der Waals surface area contributed by atoms with Crippen LogP contribution >= 0.6 is 23.9 Å². The predicted molar refractivity (Wildman–Crippen MR) is 122 cm³/mol. The number of nitrogens with zero attached hydrogens (tertiary/aromatic N) is 2. The monoisotopic (exact) mass is 433 g/mol. The van der Waals surface area contributed by atoms with Crippen molar-refractivity contribution in [2.75, 3.05) is 6.61 Å². The summed E-state index contributed by atoms with van der Waals surface area (Å²) in [7, 11) is -2.56. The zero-order valence-corrected chi connectivity index (χ0v) is 19.4. The van der Waals surface area contributed by atoms with E-state index in [4.69, 9.17) is 10.2 Å². The van der Waals surface area contributed by atoms with Crippen molar-refractivity contribution in [2.24, 2.45) is 5.73 Å². The lowest BCUT2D eigenvalue weighted by molar-refractivity contribution is 0.273. The maximum Gasteiger partial charge on any atom is 0.261 e. The Morgan fingerprint density at radius 1 is 1.00 bits per heavy atom. The number of rotatable bonds is 6. The fraction of sp³-hybridized carbons (Fsp3) is 0.333. The average Bonchev–Trinajstić information content (AvgIpc) is 3.09. The van der Waals surface area contributed by atoms with E-state index in [0.29, 0.717) is 6.61 Å². The van der Waals surface area contributed by atoms with Crippen molar-refractivity contribution < 1.29 is 4.43 Å². The second kappa shape index (κ2) is 9.28. The molecule has 28 heavy (non-hydrogen) atoms. The Morgan fingerprint density at radius 2 is 1.50 bits per heavy atom. The molecule has 0 bridgehead atoms. The van der Waals surface area contributed by atoms with Gasteiger partial charge in [-0.1, -0.05) is 81.4 Å². The number of nitrogens with two attached hydrogens (primary N) is 1. The van der Waals surface area contributed by atoms with Gasteiger partial charge >= 0.3 is 0 Å². The molecule has 2 aromatic carbocycles. The number of aromatic nitrogens is 2. The molecule has 1 unspecified atom stereocenters. The van der Waals surface area contributed by atoms with E-state index in [-0.39, 0.29) is 23.5 Å². The lowest BCUT2D eigenvalue weighted by Crippen LogP contribution is -2.67. The van der Waals surface area contributed by atoms with Crippen molar-refractivity contribution in [1.29, 1.82) is 0 Å². The quantitative estimate of drug-likeness (QED) is 0.600. The van der Waals surface area contributed by atoms with Crippen LogP contribution < -0.4 is 16.1 Å². The Morgan fingerprint density at radius 3 is 1.89 bits per heavy atom. The van der Waals surface area contributed by atoms with Gasteiger partial charge in [-0.05, 0) is 33.9 Å². The smallest absolute Gasteiger partial charge is 0.261 e. The summed E-state index contributed by atoms with van der Waals surface area (Å²) in [5, 5.41) is 3.27. The number of halogens is 1. The van der Waals surface area contributed by atoms with E-state index >= 15 is 0 Å². The van der Waals surface area contributed by atoms with Gasteiger partial charge < -0.3 is 10.2 Å². The van der Waals surface area contributed by atoms with Crippen molar-refractivity contribution in [3.05, 3.63) is 71.5 Å². The highest BCUT2D eigenvalue weighted by atomic mass is 35.5. The Hall–Kier alpha value is -1.57. The summed E-state index contributed by atoms with van der Waals surface area (Å²) in [6, 6.07) is 20.9. The first-order chi connectivity index (χ1) is 12.8. The normalized spacial score (nSPS) is 13.0. The molecule has 7 heteroatoms. The van der Waals surface area contributed by atoms with Crippen LogP contribution in [0.15, 0.2) is 60.7 Å². The fourth-order valence-electron chi connectivity index (χ4n) is 3.51. The van der Waals surface area contributed by atoms with Crippen molar-refractivity contribution >= 4 is 42.6 Å². The molecule has 0 saturated carbocycles. The molecule has 0 aliphatic carbocycles. The molecule has 3 aromatic rings. The van der Waals surface area contributed by atoms with E-state index in [0.717, 1.165) is 10.8 Å². The van der Waals surface area contributed by atoms with Gasteiger partial charge in [0.25, 0.3) is 8.32 Å². The third-order valence-electron chi connectivity index (χ3n) is 4.76. The van der Waals surface area contributed by atoms with Gasteiger partial charge in [-0.25, -0.2) is 4.98 Å². The molecule has 1 atom stereocenters. The van der Waals surface area contributed by atoms with Gasteiger partial charge in [0.15, 0.2) is 0 Å². The van der Waals surface area contributed by atoms with E-state index in [2.05, 4.69) is 78.7 Å². The van der Waals surface area contributed by atoms with Crippen LogP contribution in [0.5, 0.6) is 0 Å². The van der Waals surface area contributed by atoms with Crippen molar-refractivity contribution in [1.82, 2.24) is 9.36 Å². The maximum atomic E-state index is 6.84. The highest BCUT2D eigenvalue weighted by molar-refractivity contribution is 7.05. The number of hydrogen-bond acceptors (Lipinski definition) is 5. The van der Waals surface area contributed by atoms with E-state index in [9.17, 15) is 0 Å². The summed E-state index contributed by atoms with van der Waals surface area (Å²) in [5.41, 5.74) is 6.42. The van der Waals surface area contributed by atoms with E-state index < -0.39 is 8.32 Å². The Balaban J connectivity index is 0.00000280. The molecule has 0 aliphatic rings. The van der Waals surface area contributed by atoms with Crippen LogP contribution in [0.25, 0.3) is 0 Å². The summed E-state index contributed by atoms with van der Waals surface area (Å²) in [6.07, 6.45) is 0. The summed E-state index contributed by atoms with van der Waals surface area (Å²) in [5.74, 6) is 0.760. The van der Waals surface area contributed by atoms with Crippen molar-refractivity contribution in [2.45, 2.75) is 38.8 Å². The second-order valence-electron chi connectivity index (χ2n) is 7.76. The van der Waals surface area contributed by atoms with Crippen LogP contribution in [-0.4, -0.2) is 24.3 Å². The zero-order chi connectivity index (χ0) is 19.5. The fourth-order valence-corrected chi connectivity index (χ4v) is 8.74. The van der Waals surface area contributed by atoms with Crippen LogP contribution in [0, 0.1) is 6.92 Å². The molecule has 0 spiro atoms. The van der Waals surface area contributed by atoms with Gasteiger partial charge in [0, 0.05) is 0 Å². The molecule has 0 aliphatic heterocycles. The van der Waals surface area contributed by atoms with E-state index in [1.165, 1.54) is 21.9 Å². The standard InChI is InChI=1S/C21H27N3OSSi.ClH/c1-16-23-20(26-24-16)19(22)15-25-27(21(2,3)4,17-11-7-5-8-12-17)18-13-9-6-10-14-18;/h5-14,19H,15,22H2,1-4H3;1H. The summed E-state index contributed by atoms with van der Waals surface area (Å²) < 4.78 is 11.1. The van der Waals surface area contributed by atoms with Crippen molar-refractivity contribution in [3.63, 3.8) is 0 Å². The molecular formula is C21H28ClN3OSSi. The summed E-state index contributed by atoms with van der Waals surface area (Å²) in [6.45, 7) is 9.09. The first-order valence-electron chi connectivity index (χ1n) is 9.15. The molecule has 4 nitrogen and oxygen atoms in total. The van der Waals surface area contributed by atoms with Crippen molar-refractivity contribution in [3.8, 4) is 0 Å². The average molecular weight is 434 g/mol. The number of hydrogen-bond donors (Lipinski definition) is 1. The summed E-state index contributed by atoms with van der Waals surface area (Å²) in [4.78, 5) is 4.44. The third-order valence-corrected chi connectivity index (χ3v) is 10.7. The van der Waals surface area contributed by atoms with Gasteiger partial charge in [0.2, 0.25) is 0 Å². The topological polar surface area (TPSA) is 61.0 Å². The van der Waals surface area contributed by atoms with Gasteiger partial charge in [0.05, 0.1) is 12.6 Å². The third kappa shape index (κ3) is 4.53. The lowest BCUT2D eigenvalue weighted by Gasteiger charge is -2.43. The molecule has 0 amide bonds. The van der Waals surface area contributed by atoms with Crippen LogP contribution in [0.2, 0.25) is 5.04 Å². The molecule has 1 aromatic heterocycles.